The number of rotatable bonds is 2. The van der Waals surface area contributed by atoms with Gasteiger partial charge in [-0.1, -0.05) is 11.8 Å². The summed E-state index contributed by atoms with van der Waals surface area (Å²) in [6.45, 7) is 1.49. The first kappa shape index (κ1) is 12.4. The second kappa shape index (κ2) is 4.94. The van der Waals surface area contributed by atoms with Gasteiger partial charge in [-0.25, -0.2) is 4.98 Å². The molecular formula is C10H9N3O4. The van der Waals surface area contributed by atoms with Crippen molar-refractivity contribution < 1.29 is 14.8 Å². The van der Waals surface area contributed by atoms with Crippen LogP contribution in [0.3, 0.4) is 0 Å². The van der Waals surface area contributed by atoms with Crippen molar-refractivity contribution in [3.63, 3.8) is 0 Å². The largest absolute Gasteiger partial charge is 0.481 e. The number of carbonyl (C=O) groups is 1. The van der Waals surface area contributed by atoms with Crippen molar-refractivity contribution in [2.45, 2.75) is 13.3 Å². The quantitative estimate of drug-likeness (QED) is 0.442. The summed E-state index contributed by atoms with van der Waals surface area (Å²) in [4.78, 5) is 24.0. The molecule has 0 fully saturated rings. The lowest BCUT2D eigenvalue weighted by Gasteiger charge is -2.01. The highest BCUT2D eigenvalue weighted by atomic mass is 16.6. The Morgan fingerprint density at radius 3 is 2.88 bits per heavy atom. The Morgan fingerprint density at radius 1 is 1.71 bits per heavy atom. The molecule has 1 aromatic heterocycles. The van der Waals surface area contributed by atoms with Crippen molar-refractivity contribution in [3.05, 3.63) is 27.4 Å². The number of nitrogens with two attached hydrogens (primary N) is 1. The number of carboxylic acid groups (broad SMARTS) is 1. The fourth-order valence-electron chi connectivity index (χ4n) is 1.18. The minimum Gasteiger partial charge on any atom is -0.481 e. The zero-order valence-electron chi connectivity index (χ0n) is 8.93. The molecule has 7 nitrogen and oxygen atoms in total. The second-order valence-electron chi connectivity index (χ2n) is 3.16. The summed E-state index contributed by atoms with van der Waals surface area (Å²) in [5.74, 6) is 3.64. The number of hydrogen-bond acceptors (Lipinski definition) is 5. The fourth-order valence-corrected chi connectivity index (χ4v) is 1.18. The molecule has 88 valence electrons. The number of nitrogens with zero attached hydrogens (tertiary/aromatic N) is 2. The predicted octanol–water partition coefficient (Wildman–Crippen LogP) is 0.707. The van der Waals surface area contributed by atoms with Gasteiger partial charge in [-0.3, -0.25) is 14.9 Å². The molecule has 0 unspecified atom stereocenters. The average Bonchev–Trinajstić information content (AvgIpc) is 2.20. The summed E-state index contributed by atoms with van der Waals surface area (Å²) >= 11 is 0. The van der Waals surface area contributed by atoms with Crippen LogP contribution in [0.1, 0.15) is 17.5 Å². The number of hydrogen-bond donors (Lipinski definition) is 2. The van der Waals surface area contributed by atoms with Gasteiger partial charge in [0.1, 0.15) is 6.42 Å². The van der Waals surface area contributed by atoms with Crippen LogP contribution in [0.5, 0.6) is 0 Å². The van der Waals surface area contributed by atoms with E-state index >= 15 is 0 Å². The molecule has 1 rings (SSSR count). The summed E-state index contributed by atoms with van der Waals surface area (Å²) < 4.78 is 0. The van der Waals surface area contributed by atoms with Crippen LogP contribution in [0.25, 0.3) is 0 Å². The monoisotopic (exact) mass is 235 g/mol. The van der Waals surface area contributed by atoms with Crippen LogP contribution < -0.4 is 5.73 Å². The second-order valence-corrected chi connectivity index (χ2v) is 3.16. The third kappa shape index (κ3) is 2.92. The lowest BCUT2D eigenvalue weighted by Crippen LogP contribution is -2.02. The van der Waals surface area contributed by atoms with Crippen LogP contribution in [-0.4, -0.2) is 21.0 Å². The van der Waals surface area contributed by atoms with Gasteiger partial charge in [-0.05, 0) is 6.92 Å². The summed E-state index contributed by atoms with van der Waals surface area (Å²) in [5.41, 5.74) is 5.65. The Bertz CT molecular complexity index is 542. The fraction of sp³-hybridized carbons (Fsp3) is 0.200. The molecule has 0 aliphatic carbocycles. The van der Waals surface area contributed by atoms with Crippen LogP contribution in [-0.2, 0) is 4.79 Å². The standard InChI is InChI=1S/C10H9N3O4/c1-6-7(3-2-4-8(14)15)5-12-10(11)9(6)13(16)17/h5H,4H2,1H3,(H2,11,12)(H,14,15). The van der Waals surface area contributed by atoms with Gasteiger partial charge in [0.05, 0.1) is 10.5 Å². The Labute approximate surface area is 96.4 Å². The van der Waals surface area contributed by atoms with Crippen LogP contribution in [0.15, 0.2) is 6.20 Å². The maximum absolute atomic E-state index is 10.7. The smallest absolute Gasteiger partial charge is 0.315 e. The van der Waals surface area contributed by atoms with Crippen molar-refractivity contribution in [1.29, 1.82) is 0 Å². The van der Waals surface area contributed by atoms with Gasteiger partial charge in [0.2, 0.25) is 5.82 Å². The molecule has 1 aromatic rings. The first-order chi connectivity index (χ1) is 7.93. The Morgan fingerprint density at radius 2 is 2.35 bits per heavy atom. The van der Waals surface area contributed by atoms with E-state index in [9.17, 15) is 14.9 Å². The van der Waals surface area contributed by atoms with Gasteiger partial charge in [0.25, 0.3) is 0 Å². The molecule has 0 radical (unpaired) electrons. The maximum atomic E-state index is 10.7. The van der Waals surface area contributed by atoms with E-state index in [0.29, 0.717) is 5.56 Å². The summed E-state index contributed by atoms with van der Waals surface area (Å²) in [5, 5.41) is 19.1. The number of aromatic nitrogens is 1. The number of aliphatic carboxylic acids is 1. The van der Waals surface area contributed by atoms with Crippen molar-refractivity contribution in [1.82, 2.24) is 4.98 Å². The third-order valence-electron chi connectivity index (χ3n) is 1.98. The molecule has 0 spiro atoms. The molecule has 3 N–H and O–H groups in total. The minimum absolute atomic E-state index is 0.184. The molecule has 0 aliphatic rings. The number of pyridine rings is 1. The van der Waals surface area contributed by atoms with Crippen LogP contribution in [0.2, 0.25) is 0 Å². The van der Waals surface area contributed by atoms with Crippen molar-refractivity contribution >= 4 is 17.5 Å². The van der Waals surface area contributed by atoms with E-state index in [1.165, 1.54) is 13.1 Å². The molecule has 0 amide bonds. The van der Waals surface area contributed by atoms with E-state index in [-0.39, 0.29) is 23.5 Å². The molecule has 0 saturated carbocycles. The minimum atomic E-state index is -1.06. The topological polar surface area (TPSA) is 119 Å². The van der Waals surface area contributed by atoms with E-state index in [2.05, 4.69) is 16.8 Å². The highest BCUT2D eigenvalue weighted by Crippen LogP contribution is 2.25. The van der Waals surface area contributed by atoms with E-state index in [4.69, 9.17) is 10.8 Å². The van der Waals surface area contributed by atoms with Crippen LogP contribution in [0.4, 0.5) is 11.5 Å². The summed E-state index contributed by atoms with van der Waals surface area (Å²) in [6.07, 6.45) is 0.949. The molecular weight excluding hydrogens is 226 g/mol. The summed E-state index contributed by atoms with van der Waals surface area (Å²) in [7, 11) is 0. The Balaban J connectivity index is 3.18. The number of carboxylic acids is 1. The normalized spacial score (nSPS) is 9.24. The van der Waals surface area contributed by atoms with Gasteiger partial charge in [0, 0.05) is 11.8 Å². The zero-order chi connectivity index (χ0) is 13.0. The van der Waals surface area contributed by atoms with E-state index in [0.717, 1.165) is 0 Å². The highest BCUT2D eigenvalue weighted by molar-refractivity contribution is 5.70. The molecule has 1 heterocycles. The Hall–Kier alpha value is -2.62. The van der Waals surface area contributed by atoms with Gasteiger partial charge in [-0.15, -0.1) is 0 Å². The molecule has 7 heteroatoms. The zero-order valence-corrected chi connectivity index (χ0v) is 8.93. The van der Waals surface area contributed by atoms with Crippen molar-refractivity contribution in [2.75, 3.05) is 5.73 Å². The molecule has 0 aromatic carbocycles. The van der Waals surface area contributed by atoms with Crippen molar-refractivity contribution in [2.24, 2.45) is 0 Å². The van der Waals surface area contributed by atoms with Gasteiger partial charge >= 0.3 is 11.7 Å². The SMILES string of the molecule is Cc1c(C#CCC(=O)O)cnc(N)c1[N+](=O)[O-]. The van der Waals surface area contributed by atoms with E-state index < -0.39 is 10.9 Å². The van der Waals surface area contributed by atoms with Crippen molar-refractivity contribution in [3.8, 4) is 11.8 Å². The lowest BCUT2D eigenvalue weighted by atomic mass is 10.1. The number of anilines is 1. The predicted molar refractivity (Wildman–Crippen MR) is 59.2 cm³/mol. The maximum Gasteiger partial charge on any atom is 0.315 e. The van der Waals surface area contributed by atoms with Gasteiger partial charge in [-0.2, -0.15) is 0 Å². The lowest BCUT2D eigenvalue weighted by molar-refractivity contribution is -0.384. The third-order valence-corrected chi connectivity index (χ3v) is 1.98. The number of nitro groups is 1. The van der Waals surface area contributed by atoms with E-state index in [1.807, 2.05) is 0 Å². The van der Waals surface area contributed by atoms with Gasteiger partial charge < -0.3 is 10.8 Å². The van der Waals surface area contributed by atoms with Gasteiger partial charge in [0.15, 0.2) is 0 Å². The Kier molecular flexibility index (Phi) is 3.62. The number of nitrogen functional groups attached to an aromatic ring is 1. The van der Waals surface area contributed by atoms with E-state index in [1.54, 1.807) is 0 Å². The molecule has 17 heavy (non-hydrogen) atoms. The van der Waals surface area contributed by atoms with Crippen LogP contribution >= 0.6 is 0 Å². The summed E-state index contributed by atoms with van der Waals surface area (Å²) in [6, 6.07) is 0. The molecule has 0 bridgehead atoms. The van der Waals surface area contributed by atoms with Crippen LogP contribution in [0, 0.1) is 28.9 Å². The molecule has 0 aliphatic heterocycles. The highest BCUT2D eigenvalue weighted by Gasteiger charge is 2.18. The average molecular weight is 235 g/mol. The molecule has 0 saturated heterocycles. The first-order valence-electron chi connectivity index (χ1n) is 4.53. The first-order valence-corrected chi connectivity index (χ1v) is 4.53. The molecule has 0 atom stereocenters.